The van der Waals surface area contributed by atoms with Crippen LogP contribution in [0.15, 0.2) is 4.99 Å². The Hall–Kier alpha value is -0.820. The van der Waals surface area contributed by atoms with Crippen LogP contribution in [0.4, 0.5) is 0 Å². The number of nitrogens with zero attached hydrogens (tertiary/aromatic N) is 2. The van der Waals surface area contributed by atoms with Gasteiger partial charge in [0.05, 0.1) is 11.5 Å². The Labute approximate surface area is 152 Å². The lowest BCUT2D eigenvalue weighted by Gasteiger charge is -2.33. The van der Waals surface area contributed by atoms with Gasteiger partial charge >= 0.3 is 0 Å². The summed E-state index contributed by atoms with van der Waals surface area (Å²) >= 11 is 0. The van der Waals surface area contributed by atoms with Gasteiger partial charge in [-0.2, -0.15) is 0 Å². The molecule has 0 amide bonds. The summed E-state index contributed by atoms with van der Waals surface area (Å²) in [6, 6.07) is 0. The molecule has 1 spiro atoms. The minimum Gasteiger partial charge on any atom is -0.381 e. The molecule has 0 aromatic rings. The molecule has 3 rings (SSSR count). The van der Waals surface area contributed by atoms with Gasteiger partial charge in [-0.3, -0.25) is 4.99 Å². The molecule has 0 saturated carbocycles. The average Bonchev–Trinajstić information content (AvgIpc) is 3.11. The number of aliphatic imine (C=N–C) groups is 1. The van der Waals surface area contributed by atoms with Gasteiger partial charge in [0.15, 0.2) is 15.8 Å². The van der Waals surface area contributed by atoms with Gasteiger partial charge in [0.1, 0.15) is 0 Å². The lowest BCUT2D eigenvalue weighted by Crippen LogP contribution is -2.44. The summed E-state index contributed by atoms with van der Waals surface area (Å²) in [4.78, 5) is 7.22. The van der Waals surface area contributed by atoms with Gasteiger partial charge in [0.25, 0.3) is 0 Å². The van der Waals surface area contributed by atoms with Gasteiger partial charge in [-0.25, -0.2) is 8.42 Å². The van der Waals surface area contributed by atoms with Gasteiger partial charge in [0.2, 0.25) is 0 Å². The second kappa shape index (κ2) is 7.82. The van der Waals surface area contributed by atoms with Crippen molar-refractivity contribution in [1.82, 2.24) is 10.2 Å². The first-order valence-corrected chi connectivity index (χ1v) is 11.5. The summed E-state index contributed by atoms with van der Waals surface area (Å²) in [5.74, 6) is 2.36. The number of nitrogens with one attached hydrogen (secondary N) is 1. The summed E-state index contributed by atoms with van der Waals surface area (Å²) < 4.78 is 28.9. The third kappa shape index (κ3) is 5.09. The van der Waals surface area contributed by atoms with E-state index in [0.717, 1.165) is 58.1 Å². The van der Waals surface area contributed by atoms with Crippen LogP contribution in [0.25, 0.3) is 0 Å². The molecular weight excluding hydrogens is 338 g/mol. The fourth-order valence-corrected chi connectivity index (χ4v) is 6.00. The summed E-state index contributed by atoms with van der Waals surface area (Å²) in [7, 11) is -2.82. The van der Waals surface area contributed by atoms with Crippen LogP contribution in [-0.4, -0.2) is 70.2 Å². The van der Waals surface area contributed by atoms with Crippen molar-refractivity contribution in [2.75, 3.05) is 50.9 Å². The highest BCUT2D eigenvalue weighted by molar-refractivity contribution is 7.91. The van der Waals surface area contributed by atoms with E-state index in [1.807, 2.05) is 0 Å². The van der Waals surface area contributed by atoms with E-state index in [1.54, 1.807) is 0 Å². The van der Waals surface area contributed by atoms with E-state index in [1.165, 1.54) is 6.42 Å². The van der Waals surface area contributed by atoms with E-state index >= 15 is 0 Å². The van der Waals surface area contributed by atoms with Crippen LogP contribution in [-0.2, 0) is 14.6 Å². The van der Waals surface area contributed by atoms with Crippen molar-refractivity contribution >= 4 is 15.8 Å². The van der Waals surface area contributed by atoms with E-state index < -0.39 is 9.84 Å². The number of hydrogen-bond donors (Lipinski definition) is 1. The molecule has 3 aliphatic heterocycles. The highest BCUT2D eigenvalue weighted by Crippen LogP contribution is 2.39. The van der Waals surface area contributed by atoms with Crippen LogP contribution in [0.3, 0.4) is 0 Å². The molecule has 144 valence electrons. The monoisotopic (exact) mass is 371 g/mol. The molecule has 6 nitrogen and oxygen atoms in total. The second-order valence-electron chi connectivity index (χ2n) is 8.49. The van der Waals surface area contributed by atoms with E-state index in [9.17, 15) is 8.42 Å². The van der Waals surface area contributed by atoms with Gasteiger partial charge in [0, 0.05) is 39.4 Å². The normalized spacial score (nSPS) is 28.8. The van der Waals surface area contributed by atoms with Crippen LogP contribution in [0.1, 0.15) is 39.5 Å². The maximum absolute atomic E-state index is 11.7. The lowest BCUT2D eigenvalue weighted by molar-refractivity contribution is 0.0217. The zero-order valence-corrected chi connectivity index (χ0v) is 16.5. The first-order valence-electron chi connectivity index (χ1n) is 9.69. The zero-order chi connectivity index (χ0) is 17.9. The Balaban J connectivity index is 1.60. The van der Waals surface area contributed by atoms with Gasteiger partial charge in [-0.05, 0) is 42.9 Å². The van der Waals surface area contributed by atoms with E-state index in [0.29, 0.717) is 29.4 Å². The van der Waals surface area contributed by atoms with E-state index in [2.05, 4.69) is 24.1 Å². The van der Waals surface area contributed by atoms with Crippen molar-refractivity contribution < 1.29 is 13.2 Å². The Bertz CT molecular complexity index is 582. The summed E-state index contributed by atoms with van der Waals surface area (Å²) in [5.41, 5.74) is 0.384. The molecule has 0 aromatic carbocycles. The summed E-state index contributed by atoms with van der Waals surface area (Å²) in [6.45, 7) is 9.69. The molecule has 3 fully saturated rings. The Morgan fingerprint density at radius 1 is 1.32 bits per heavy atom. The Morgan fingerprint density at radius 2 is 2.08 bits per heavy atom. The van der Waals surface area contributed by atoms with Crippen LogP contribution >= 0.6 is 0 Å². The topological polar surface area (TPSA) is 71.0 Å². The average molecular weight is 372 g/mol. The number of guanidine groups is 1. The van der Waals surface area contributed by atoms with Gasteiger partial charge in [-0.15, -0.1) is 0 Å². The number of hydrogen-bond acceptors (Lipinski definition) is 4. The SMILES string of the molecule is CC(C)CN=C(NCC1CCS(=O)(=O)C1)N1CCC2(CCOCC2)C1. The quantitative estimate of drug-likeness (QED) is 0.599. The van der Waals surface area contributed by atoms with Crippen molar-refractivity contribution in [2.24, 2.45) is 22.2 Å². The molecule has 1 N–H and O–H groups in total. The van der Waals surface area contributed by atoms with Crippen molar-refractivity contribution in [3.05, 3.63) is 0 Å². The maximum atomic E-state index is 11.7. The largest absolute Gasteiger partial charge is 0.381 e. The van der Waals surface area contributed by atoms with Crippen LogP contribution in [0, 0.1) is 17.3 Å². The number of ether oxygens (including phenoxy) is 1. The third-order valence-corrected chi connectivity index (χ3v) is 7.61. The minimum absolute atomic E-state index is 0.217. The molecule has 1 unspecified atom stereocenters. The molecule has 7 heteroatoms. The molecular formula is C18H33N3O3S. The zero-order valence-electron chi connectivity index (χ0n) is 15.7. The van der Waals surface area contributed by atoms with Gasteiger partial charge < -0.3 is 15.0 Å². The third-order valence-electron chi connectivity index (χ3n) is 5.77. The molecule has 0 aliphatic carbocycles. The fourth-order valence-electron chi connectivity index (χ4n) is 4.13. The first kappa shape index (κ1) is 19.0. The molecule has 3 aliphatic rings. The van der Waals surface area contributed by atoms with Gasteiger partial charge in [-0.1, -0.05) is 13.8 Å². The Morgan fingerprint density at radius 3 is 2.72 bits per heavy atom. The molecule has 0 bridgehead atoms. The maximum Gasteiger partial charge on any atom is 0.193 e. The number of likely N-dealkylation sites (tertiary alicyclic amines) is 1. The molecule has 3 saturated heterocycles. The standard InChI is InChI=1S/C18H33N3O3S/c1-15(2)11-19-17(20-12-16-3-10-25(22,23)13-16)21-7-4-18(14-21)5-8-24-9-6-18/h15-16H,3-14H2,1-2H3,(H,19,20). The minimum atomic E-state index is -2.82. The predicted octanol–water partition coefficient (Wildman–Crippen LogP) is 1.53. The van der Waals surface area contributed by atoms with Crippen molar-refractivity contribution in [3.63, 3.8) is 0 Å². The summed E-state index contributed by atoms with van der Waals surface area (Å²) in [6.07, 6.45) is 4.26. The second-order valence-corrected chi connectivity index (χ2v) is 10.7. The van der Waals surface area contributed by atoms with Crippen LogP contribution in [0.5, 0.6) is 0 Å². The molecule has 1 atom stereocenters. The number of rotatable bonds is 4. The molecule has 0 aromatic heterocycles. The van der Waals surface area contributed by atoms with E-state index in [-0.39, 0.29) is 5.92 Å². The van der Waals surface area contributed by atoms with Crippen molar-refractivity contribution in [3.8, 4) is 0 Å². The molecule has 0 radical (unpaired) electrons. The Kier molecular flexibility index (Phi) is 5.93. The fraction of sp³-hybridized carbons (Fsp3) is 0.944. The van der Waals surface area contributed by atoms with Crippen LogP contribution < -0.4 is 5.32 Å². The predicted molar refractivity (Wildman–Crippen MR) is 101 cm³/mol. The highest BCUT2D eigenvalue weighted by Gasteiger charge is 2.40. The van der Waals surface area contributed by atoms with Crippen molar-refractivity contribution in [2.45, 2.75) is 39.5 Å². The highest BCUT2D eigenvalue weighted by atomic mass is 32.2. The lowest BCUT2D eigenvalue weighted by atomic mass is 9.80. The molecule has 3 heterocycles. The van der Waals surface area contributed by atoms with E-state index in [4.69, 9.17) is 9.73 Å². The molecule has 25 heavy (non-hydrogen) atoms. The number of sulfone groups is 1. The van der Waals surface area contributed by atoms with Crippen LogP contribution in [0.2, 0.25) is 0 Å². The van der Waals surface area contributed by atoms with Crippen molar-refractivity contribution in [1.29, 1.82) is 0 Å². The summed E-state index contributed by atoms with van der Waals surface area (Å²) in [5, 5.41) is 3.50. The smallest absolute Gasteiger partial charge is 0.193 e. The first-order chi connectivity index (χ1) is 11.9.